The molecule has 0 saturated carbocycles. The van der Waals surface area contributed by atoms with Crippen molar-refractivity contribution >= 4 is 5.78 Å². The summed E-state index contributed by atoms with van der Waals surface area (Å²) in [7, 11) is 0. The van der Waals surface area contributed by atoms with Crippen molar-refractivity contribution in [3.8, 4) is 0 Å². The van der Waals surface area contributed by atoms with Gasteiger partial charge in [0.1, 0.15) is 0 Å². The first kappa shape index (κ1) is 12.5. The lowest BCUT2D eigenvalue weighted by Gasteiger charge is -2.11. The minimum atomic E-state index is -0.124. The van der Waals surface area contributed by atoms with Crippen molar-refractivity contribution in [3.63, 3.8) is 0 Å². The van der Waals surface area contributed by atoms with E-state index in [1.807, 2.05) is 61.5 Å². The molecule has 0 aliphatic carbocycles. The number of nitrogens with two attached hydrogens (primary N) is 1. The third kappa shape index (κ3) is 2.84. The van der Waals surface area contributed by atoms with E-state index in [0.29, 0.717) is 6.42 Å². The van der Waals surface area contributed by atoms with Crippen molar-refractivity contribution in [1.82, 2.24) is 0 Å². The van der Waals surface area contributed by atoms with Crippen molar-refractivity contribution in [2.75, 3.05) is 0 Å². The highest BCUT2D eigenvalue weighted by Gasteiger charge is 2.13. The summed E-state index contributed by atoms with van der Waals surface area (Å²) in [6.45, 7) is 1.90. The first-order valence-electron chi connectivity index (χ1n) is 6.10. The van der Waals surface area contributed by atoms with E-state index in [2.05, 4.69) is 0 Å². The van der Waals surface area contributed by atoms with E-state index in [9.17, 15) is 4.79 Å². The Hall–Kier alpha value is -1.93. The van der Waals surface area contributed by atoms with Crippen molar-refractivity contribution in [2.45, 2.75) is 19.4 Å². The Morgan fingerprint density at radius 3 is 2.33 bits per heavy atom. The minimum absolute atomic E-state index is 0.120. The predicted octanol–water partition coefficient (Wildman–Crippen LogP) is 3.13. The van der Waals surface area contributed by atoms with Crippen LogP contribution in [-0.4, -0.2) is 5.78 Å². The fourth-order valence-corrected chi connectivity index (χ4v) is 2.02. The number of rotatable bonds is 4. The third-order valence-electron chi connectivity index (χ3n) is 2.96. The second kappa shape index (κ2) is 5.61. The fraction of sp³-hybridized carbons (Fsp3) is 0.188. The van der Waals surface area contributed by atoms with Crippen LogP contribution in [0.4, 0.5) is 0 Å². The van der Waals surface area contributed by atoms with Gasteiger partial charge in [-0.15, -0.1) is 0 Å². The Morgan fingerprint density at radius 1 is 1.06 bits per heavy atom. The van der Waals surface area contributed by atoms with Crippen molar-refractivity contribution in [2.24, 2.45) is 5.73 Å². The number of hydrogen-bond donors (Lipinski definition) is 1. The predicted molar refractivity (Wildman–Crippen MR) is 73.5 cm³/mol. The molecule has 0 radical (unpaired) electrons. The molecule has 2 rings (SSSR count). The third-order valence-corrected chi connectivity index (χ3v) is 2.96. The topological polar surface area (TPSA) is 43.1 Å². The molecule has 0 fully saturated rings. The lowest BCUT2D eigenvalue weighted by Crippen LogP contribution is -2.13. The number of Topliss-reactive ketones (excluding diaryl/α,β-unsaturated/α-hetero) is 1. The van der Waals surface area contributed by atoms with Crippen LogP contribution in [0.2, 0.25) is 0 Å². The summed E-state index contributed by atoms with van der Waals surface area (Å²) in [5, 5.41) is 0. The molecule has 92 valence electrons. The van der Waals surface area contributed by atoms with E-state index in [0.717, 1.165) is 16.7 Å². The molecular formula is C16H17NO. The number of carbonyl (C=O) groups is 1. The molecule has 2 N–H and O–H groups in total. The zero-order valence-corrected chi connectivity index (χ0v) is 10.5. The summed E-state index contributed by atoms with van der Waals surface area (Å²) >= 11 is 0. The van der Waals surface area contributed by atoms with Gasteiger partial charge in [0.25, 0.3) is 0 Å². The highest BCUT2D eigenvalue weighted by atomic mass is 16.1. The maximum absolute atomic E-state index is 12.3. The van der Waals surface area contributed by atoms with Gasteiger partial charge in [0.2, 0.25) is 0 Å². The van der Waals surface area contributed by atoms with Crippen LogP contribution in [0.25, 0.3) is 0 Å². The Morgan fingerprint density at radius 2 is 1.67 bits per heavy atom. The van der Waals surface area contributed by atoms with Gasteiger partial charge in [-0.1, -0.05) is 54.6 Å². The summed E-state index contributed by atoms with van der Waals surface area (Å²) < 4.78 is 0. The molecule has 0 heterocycles. The largest absolute Gasteiger partial charge is 0.324 e. The number of carbonyl (C=O) groups excluding carboxylic acids is 1. The second-order valence-electron chi connectivity index (χ2n) is 4.46. The van der Waals surface area contributed by atoms with E-state index in [-0.39, 0.29) is 11.8 Å². The molecule has 0 amide bonds. The first-order valence-corrected chi connectivity index (χ1v) is 6.10. The molecule has 2 heteroatoms. The van der Waals surface area contributed by atoms with Gasteiger partial charge in [0, 0.05) is 18.0 Å². The average molecular weight is 239 g/mol. The molecule has 2 aromatic rings. The van der Waals surface area contributed by atoms with Gasteiger partial charge < -0.3 is 5.73 Å². The Labute approximate surface area is 107 Å². The van der Waals surface area contributed by atoms with Crippen LogP contribution < -0.4 is 5.73 Å². The van der Waals surface area contributed by atoms with Gasteiger partial charge in [-0.25, -0.2) is 0 Å². The summed E-state index contributed by atoms with van der Waals surface area (Å²) in [5.41, 5.74) is 8.57. The smallest absolute Gasteiger partial charge is 0.167 e. The standard InChI is InChI=1S/C16H17NO/c1-12(17)14-9-5-6-10-15(14)16(18)11-13-7-3-2-4-8-13/h2-10,12H,11,17H2,1H3. The van der Waals surface area contributed by atoms with Gasteiger partial charge in [-0.05, 0) is 18.1 Å². The lowest BCUT2D eigenvalue weighted by atomic mass is 9.95. The number of ketones is 1. The summed E-state index contributed by atoms with van der Waals surface area (Å²) in [4.78, 5) is 12.3. The number of benzene rings is 2. The SMILES string of the molecule is CC(N)c1ccccc1C(=O)Cc1ccccc1. The minimum Gasteiger partial charge on any atom is -0.324 e. The fourth-order valence-electron chi connectivity index (χ4n) is 2.02. The second-order valence-corrected chi connectivity index (χ2v) is 4.46. The maximum atomic E-state index is 12.3. The van der Waals surface area contributed by atoms with Crippen LogP contribution in [0.3, 0.4) is 0 Å². The van der Waals surface area contributed by atoms with E-state index >= 15 is 0 Å². The summed E-state index contributed by atoms with van der Waals surface area (Å²) in [6.07, 6.45) is 0.421. The molecule has 1 unspecified atom stereocenters. The Balaban J connectivity index is 2.24. The Kier molecular flexibility index (Phi) is 3.90. The zero-order chi connectivity index (χ0) is 13.0. The van der Waals surface area contributed by atoms with Crippen molar-refractivity contribution in [1.29, 1.82) is 0 Å². The van der Waals surface area contributed by atoms with Crippen LogP contribution in [0.5, 0.6) is 0 Å². The van der Waals surface area contributed by atoms with Gasteiger partial charge in [-0.3, -0.25) is 4.79 Å². The molecule has 0 aliphatic heterocycles. The molecule has 18 heavy (non-hydrogen) atoms. The summed E-state index contributed by atoms with van der Waals surface area (Å²) in [6, 6.07) is 17.2. The normalized spacial score (nSPS) is 12.1. The average Bonchev–Trinajstić information content (AvgIpc) is 2.40. The quantitative estimate of drug-likeness (QED) is 0.833. The summed E-state index contributed by atoms with van der Waals surface area (Å²) in [5.74, 6) is 0.120. The molecule has 1 atom stereocenters. The molecule has 0 bridgehead atoms. The van der Waals surface area contributed by atoms with E-state index < -0.39 is 0 Å². The molecular weight excluding hydrogens is 222 g/mol. The molecule has 0 saturated heterocycles. The molecule has 2 aromatic carbocycles. The van der Waals surface area contributed by atoms with Crippen LogP contribution in [0.1, 0.15) is 34.5 Å². The van der Waals surface area contributed by atoms with Gasteiger partial charge >= 0.3 is 0 Å². The van der Waals surface area contributed by atoms with Crippen molar-refractivity contribution < 1.29 is 4.79 Å². The molecule has 0 aliphatic rings. The first-order chi connectivity index (χ1) is 8.68. The highest BCUT2D eigenvalue weighted by Crippen LogP contribution is 2.17. The Bertz CT molecular complexity index is 532. The molecule has 2 nitrogen and oxygen atoms in total. The van der Waals surface area contributed by atoms with Crippen molar-refractivity contribution in [3.05, 3.63) is 71.3 Å². The van der Waals surface area contributed by atoms with E-state index in [1.165, 1.54) is 0 Å². The maximum Gasteiger partial charge on any atom is 0.167 e. The highest BCUT2D eigenvalue weighted by molar-refractivity contribution is 5.99. The van der Waals surface area contributed by atoms with Crippen LogP contribution in [0.15, 0.2) is 54.6 Å². The van der Waals surface area contributed by atoms with E-state index in [4.69, 9.17) is 5.73 Å². The van der Waals surface area contributed by atoms with Crippen LogP contribution >= 0.6 is 0 Å². The van der Waals surface area contributed by atoms with Gasteiger partial charge in [-0.2, -0.15) is 0 Å². The van der Waals surface area contributed by atoms with Crippen LogP contribution in [-0.2, 0) is 6.42 Å². The van der Waals surface area contributed by atoms with Gasteiger partial charge in [0.05, 0.1) is 0 Å². The lowest BCUT2D eigenvalue weighted by molar-refractivity contribution is 0.0991. The van der Waals surface area contributed by atoms with Gasteiger partial charge in [0.15, 0.2) is 5.78 Å². The zero-order valence-electron chi connectivity index (χ0n) is 10.5. The molecule has 0 aromatic heterocycles. The number of hydrogen-bond acceptors (Lipinski definition) is 2. The molecule has 0 spiro atoms. The van der Waals surface area contributed by atoms with E-state index in [1.54, 1.807) is 0 Å². The monoisotopic (exact) mass is 239 g/mol. The van der Waals surface area contributed by atoms with Crippen LogP contribution in [0, 0.1) is 0 Å².